The van der Waals surface area contributed by atoms with Gasteiger partial charge in [0.1, 0.15) is 0 Å². The summed E-state index contributed by atoms with van der Waals surface area (Å²) in [5, 5.41) is 12.0. The Kier molecular flexibility index (Phi) is 6.58. The molecule has 23 heavy (non-hydrogen) atoms. The highest BCUT2D eigenvalue weighted by molar-refractivity contribution is 7.99. The van der Waals surface area contributed by atoms with Gasteiger partial charge in [0.05, 0.1) is 0 Å². The Morgan fingerprint density at radius 1 is 1.35 bits per heavy atom. The van der Waals surface area contributed by atoms with E-state index in [-0.39, 0.29) is 11.9 Å². The van der Waals surface area contributed by atoms with Crippen LogP contribution in [0.25, 0.3) is 0 Å². The van der Waals surface area contributed by atoms with Crippen molar-refractivity contribution in [2.75, 3.05) is 5.75 Å². The first-order valence-electron chi connectivity index (χ1n) is 7.80. The van der Waals surface area contributed by atoms with Crippen LogP contribution >= 0.6 is 11.8 Å². The molecule has 0 bridgehead atoms. The molecule has 0 aliphatic carbocycles. The zero-order valence-corrected chi connectivity index (χ0v) is 14.7. The molecule has 0 fully saturated rings. The van der Waals surface area contributed by atoms with Crippen LogP contribution < -0.4 is 0 Å². The van der Waals surface area contributed by atoms with E-state index in [2.05, 4.69) is 41.5 Å². The number of carbonyl (C=O) groups is 1. The standard InChI is InChI=1S/C16H23N5OS/c1-4-13(2)21(12-14-8-6-5-7-9-14)15(22)10-11-23-16-17-18-19-20(16)3/h5-9,13H,4,10-12H2,1-3H3/t13-/m0/s1. The molecule has 0 aliphatic rings. The van der Waals surface area contributed by atoms with Crippen molar-refractivity contribution in [3.8, 4) is 0 Å². The van der Waals surface area contributed by atoms with E-state index in [0.29, 0.717) is 18.7 Å². The molecule has 0 aliphatic heterocycles. The SMILES string of the molecule is CC[C@H](C)N(Cc1ccccc1)C(=O)CCSc1nnnn1C. The summed E-state index contributed by atoms with van der Waals surface area (Å²) in [6.07, 6.45) is 1.42. The molecule has 1 amide bonds. The monoisotopic (exact) mass is 333 g/mol. The van der Waals surface area contributed by atoms with Gasteiger partial charge in [0, 0.05) is 31.8 Å². The number of hydrogen-bond donors (Lipinski definition) is 0. The van der Waals surface area contributed by atoms with Crippen molar-refractivity contribution in [2.24, 2.45) is 7.05 Å². The molecule has 0 saturated heterocycles. The second-order valence-electron chi connectivity index (χ2n) is 5.45. The highest BCUT2D eigenvalue weighted by Crippen LogP contribution is 2.17. The van der Waals surface area contributed by atoms with Crippen molar-refractivity contribution in [3.05, 3.63) is 35.9 Å². The maximum absolute atomic E-state index is 12.6. The Labute approximate surface area is 141 Å². The molecule has 124 valence electrons. The zero-order chi connectivity index (χ0) is 16.7. The van der Waals surface area contributed by atoms with E-state index in [1.807, 2.05) is 23.1 Å². The van der Waals surface area contributed by atoms with Crippen LogP contribution in [-0.4, -0.2) is 42.8 Å². The molecule has 0 spiro atoms. The number of carbonyl (C=O) groups excluding carboxylic acids is 1. The van der Waals surface area contributed by atoms with Crippen molar-refractivity contribution >= 4 is 17.7 Å². The van der Waals surface area contributed by atoms with Crippen molar-refractivity contribution in [2.45, 2.75) is 44.4 Å². The lowest BCUT2D eigenvalue weighted by atomic mass is 10.1. The van der Waals surface area contributed by atoms with Gasteiger partial charge in [0.25, 0.3) is 0 Å². The number of thioether (sulfide) groups is 1. The van der Waals surface area contributed by atoms with Crippen molar-refractivity contribution in [3.63, 3.8) is 0 Å². The number of amides is 1. The van der Waals surface area contributed by atoms with E-state index in [4.69, 9.17) is 0 Å². The van der Waals surface area contributed by atoms with Gasteiger partial charge in [-0.2, -0.15) is 0 Å². The highest BCUT2D eigenvalue weighted by Gasteiger charge is 2.19. The van der Waals surface area contributed by atoms with Crippen LogP contribution in [0.4, 0.5) is 0 Å². The average Bonchev–Trinajstić information content (AvgIpc) is 2.98. The van der Waals surface area contributed by atoms with E-state index >= 15 is 0 Å². The van der Waals surface area contributed by atoms with Gasteiger partial charge in [-0.15, -0.1) is 5.10 Å². The molecular weight excluding hydrogens is 310 g/mol. The van der Waals surface area contributed by atoms with Crippen molar-refractivity contribution in [1.82, 2.24) is 25.1 Å². The van der Waals surface area contributed by atoms with Gasteiger partial charge in [-0.25, -0.2) is 4.68 Å². The Morgan fingerprint density at radius 2 is 2.09 bits per heavy atom. The fraction of sp³-hybridized carbons (Fsp3) is 0.500. The number of nitrogens with zero attached hydrogens (tertiary/aromatic N) is 5. The second-order valence-corrected chi connectivity index (χ2v) is 6.51. The van der Waals surface area contributed by atoms with Gasteiger partial charge in [-0.3, -0.25) is 4.79 Å². The summed E-state index contributed by atoms with van der Waals surface area (Å²) in [6.45, 7) is 4.86. The van der Waals surface area contributed by atoms with Crippen LogP contribution in [0.1, 0.15) is 32.3 Å². The quantitative estimate of drug-likeness (QED) is 0.695. The van der Waals surface area contributed by atoms with E-state index in [0.717, 1.165) is 17.1 Å². The van der Waals surface area contributed by atoms with E-state index < -0.39 is 0 Å². The van der Waals surface area contributed by atoms with Gasteiger partial charge in [-0.1, -0.05) is 49.0 Å². The third kappa shape index (κ3) is 5.06. The molecule has 2 rings (SSSR count). The predicted octanol–water partition coefficient (Wildman–Crippen LogP) is 2.52. The lowest BCUT2D eigenvalue weighted by Crippen LogP contribution is -2.37. The second kappa shape index (κ2) is 8.67. The minimum atomic E-state index is 0.172. The molecule has 7 heteroatoms. The Hall–Kier alpha value is -1.89. The first kappa shape index (κ1) is 17.5. The maximum atomic E-state index is 12.6. The molecule has 0 N–H and O–H groups in total. The molecule has 0 saturated carbocycles. The van der Waals surface area contributed by atoms with Crippen LogP contribution in [-0.2, 0) is 18.4 Å². The van der Waals surface area contributed by atoms with E-state index in [1.165, 1.54) is 11.8 Å². The first-order chi connectivity index (χ1) is 11.1. The summed E-state index contributed by atoms with van der Waals surface area (Å²) < 4.78 is 1.62. The molecule has 1 aromatic heterocycles. The largest absolute Gasteiger partial charge is 0.336 e. The first-order valence-corrected chi connectivity index (χ1v) is 8.79. The van der Waals surface area contributed by atoms with Crippen LogP contribution in [0, 0.1) is 0 Å². The summed E-state index contributed by atoms with van der Waals surface area (Å²) in [4.78, 5) is 14.6. The van der Waals surface area contributed by atoms with Crippen LogP contribution in [0.3, 0.4) is 0 Å². The minimum Gasteiger partial charge on any atom is -0.336 e. The number of hydrogen-bond acceptors (Lipinski definition) is 5. The third-order valence-electron chi connectivity index (χ3n) is 3.77. The van der Waals surface area contributed by atoms with Gasteiger partial charge < -0.3 is 4.90 Å². The van der Waals surface area contributed by atoms with Gasteiger partial charge in [-0.05, 0) is 29.3 Å². The number of benzene rings is 1. The third-order valence-corrected chi connectivity index (χ3v) is 4.78. The summed E-state index contributed by atoms with van der Waals surface area (Å²) >= 11 is 1.50. The molecule has 1 atom stereocenters. The number of tetrazole rings is 1. The Balaban J connectivity index is 1.92. The Bertz CT molecular complexity index is 616. The molecular formula is C16H23N5OS. The highest BCUT2D eigenvalue weighted by atomic mass is 32.2. The molecule has 2 aromatic rings. The number of rotatable bonds is 8. The minimum absolute atomic E-state index is 0.172. The van der Waals surface area contributed by atoms with Crippen LogP contribution in [0.5, 0.6) is 0 Å². The number of aromatic nitrogens is 4. The average molecular weight is 333 g/mol. The summed E-state index contributed by atoms with van der Waals surface area (Å²) in [5.74, 6) is 0.847. The van der Waals surface area contributed by atoms with Crippen molar-refractivity contribution in [1.29, 1.82) is 0 Å². The van der Waals surface area contributed by atoms with Crippen LogP contribution in [0.15, 0.2) is 35.5 Å². The summed E-state index contributed by atoms with van der Waals surface area (Å²) in [6, 6.07) is 10.3. The van der Waals surface area contributed by atoms with Gasteiger partial charge in [0.2, 0.25) is 11.1 Å². The lowest BCUT2D eigenvalue weighted by Gasteiger charge is -2.29. The molecule has 6 nitrogen and oxygen atoms in total. The van der Waals surface area contributed by atoms with Gasteiger partial charge in [0.15, 0.2) is 0 Å². The molecule has 1 heterocycles. The fourth-order valence-corrected chi connectivity index (χ4v) is 2.98. The summed E-state index contributed by atoms with van der Waals surface area (Å²) in [5.41, 5.74) is 1.16. The predicted molar refractivity (Wildman–Crippen MR) is 90.9 cm³/mol. The van der Waals surface area contributed by atoms with Gasteiger partial charge >= 0.3 is 0 Å². The maximum Gasteiger partial charge on any atom is 0.223 e. The topological polar surface area (TPSA) is 63.9 Å². The molecule has 1 aromatic carbocycles. The zero-order valence-electron chi connectivity index (χ0n) is 13.8. The smallest absolute Gasteiger partial charge is 0.223 e. The lowest BCUT2D eigenvalue weighted by molar-refractivity contribution is -0.133. The van der Waals surface area contributed by atoms with Crippen LogP contribution in [0.2, 0.25) is 0 Å². The normalized spacial score (nSPS) is 12.1. The number of aryl methyl sites for hydroxylation is 1. The molecule has 0 radical (unpaired) electrons. The van der Waals surface area contributed by atoms with E-state index in [1.54, 1.807) is 11.7 Å². The molecule has 0 unspecified atom stereocenters. The summed E-state index contributed by atoms with van der Waals surface area (Å²) in [7, 11) is 1.80. The Morgan fingerprint density at radius 3 is 2.70 bits per heavy atom. The van der Waals surface area contributed by atoms with E-state index in [9.17, 15) is 4.79 Å². The fourth-order valence-electron chi connectivity index (χ4n) is 2.21. The van der Waals surface area contributed by atoms with Crippen molar-refractivity contribution < 1.29 is 4.79 Å².